The zero-order valence-electron chi connectivity index (χ0n) is 18.5. The lowest BCUT2D eigenvalue weighted by Gasteiger charge is -2.37. The number of anilines is 1. The molecule has 1 aromatic heterocycles. The number of aromatic nitrogens is 1. The van der Waals surface area contributed by atoms with E-state index in [0.717, 1.165) is 32.7 Å². The molecule has 0 spiro atoms. The maximum Gasteiger partial charge on any atom is 0.323 e. The Bertz CT molecular complexity index is 1340. The van der Waals surface area contributed by atoms with Crippen molar-refractivity contribution in [3.05, 3.63) is 65.9 Å². The molecular weight excluding hydrogens is 444 g/mol. The van der Waals surface area contributed by atoms with Gasteiger partial charge in [-0.2, -0.15) is 0 Å². The molecule has 172 valence electrons. The third-order valence-electron chi connectivity index (χ3n) is 5.51. The molecule has 33 heavy (non-hydrogen) atoms. The number of pyridine rings is 1. The van der Waals surface area contributed by atoms with Gasteiger partial charge in [0.05, 0.1) is 17.5 Å². The van der Waals surface area contributed by atoms with Gasteiger partial charge in [-0.05, 0) is 49.7 Å². The van der Waals surface area contributed by atoms with E-state index in [1.54, 1.807) is 31.2 Å². The number of nitrogens with one attached hydrogen (secondary N) is 2. The van der Waals surface area contributed by atoms with E-state index in [2.05, 4.69) is 15.6 Å². The monoisotopic (exact) mass is 468 g/mol. The maximum atomic E-state index is 12.6. The number of hydrogen-bond donors (Lipinski definition) is 2. The number of urea groups is 1. The van der Waals surface area contributed by atoms with Crippen LogP contribution in [0.25, 0.3) is 10.9 Å². The Hall–Kier alpha value is -3.66. The quantitative estimate of drug-likeness (QED) is 0.515. The molecule has 10 heteroatoms. The average Bonchev–Trinajstić information content (AvgIpc) is 3.05. The van der Waals surface area contributed by atoms with E-state index in [-0.39, 0.29) is 12.1 Å². The van der Waals surface area contributed by atoms with E-state index in [1.807, 2.05) is 37.3 Å². The molecule has 1 fully saturated rings. The first-order valence-corrected chi connectivity index (χ1v) is 12.2. The van der Waals surface area contributed by atoms with E-state index in [1.165, 1.54) is 0 Å². The summed E-state index contributed by atoms with van der Waals surface area (Å²) in [6.07, 6.45) is 1.04. The highest BCUT2D eigenvalue weighted by Gasteiger charge is 2.53. The summed E-state index contributed by atoms with van der Waals surface area (Å²) in [7, 11) is -3.92. The Morgan fingerprint density at radius 2 is 1.79 bits per heavy atom. The number of nitrogens with zero attached hydrogens (tertiary/aromatic N) is 2. The molecule has 1 saturated heterocycles. The third-order valence-corrected chi connectivity index (χ3v) is 6.69. The fourth-order valence-corrected chi connectivity index (χ4v) is 5.39. The minimum absolute atomic E-state index is 0.0460. The largest absolute Gasteiger partial charge is 0.489 e. The summed E-state index contributed by atoms with van der Waals surface area (Å²) in [5.74, 6) is -0.197. The summed E-state index contributed by atoms with van der Waals surface area (Å²) in [4.78, 5) is 28.9. The highest BCUT2D eigenvalue weighted by atomic mass is 32.2. The first-order valence-electron chi connectivity index (χ1n) is 10.4. The molecule has 2 aromatic carbocycles. The highest BCUT2D eigenvalue weighted by Crippen LogP contribution is 2.32. The van der Waals surface area contributed by atoms with Crippen molar-refractivity contribution in [1.82, 2.24) is 15.6 Å². The molecule has 9 nitrogen and oxygen atoms in total. The number of sulfonamides is 1. The predicted octanol–water partition coefficient (Wildman–Crippen LogP) is 2.83. The van der Waals surface area contributed by atoms with Crippen LogP contribution in [0.2, 0.25) is 0 Å². The first-order chi connectivity index (χ1) is 15.6. The number of hydrogen-bond acceptors (Lipinski definition) is 6. The maximum absolute atomic E-state index is 12.6. The van der Waals surface area contributed by atoms with Crippen LogP contribution in [0.3, 0.4) is 0 Å². The molecule has 3 aromatic rings. The summed E-state index contributed by atoms with van der Waals surface area (Å²) in [6.45, 7) is 3.85. The summed E-state index contributed by atoms with van der Waals surface area (Å²) < 4.78 is 32.2. The van der Waals surface area contributed by atoms with Crippen LogP contribution in [0.4, 0.5) is 10.5 Å². The van der Waals surface area contributed by atoms with Crippen molar-refractivity contribution < 1.29 is 22.7 Å². The van der Waals surface area contributed by atoms with Gasteiger partial charge in [-0.15, -0.1) is 0 Å². The van der Waals surface area contributed by atoms with Gasteiger partial charge in [-0.3, -0.25) is 15.1 Å². The molecule has 2 N–H and O–H groups in total. The van der Waals surface area contributed by atoms with Crippen molar-refractivity contribution in [2.45, 2.75) is 32.5 Å². The molecule has 0 radical (unpaired) electrons. The number of carbonyl (C=O) groups is 2. The van der Waals surface area contributed by atoms with Gasteiger partial charge >= 0.3 is 6.03 Å². The Morgan fingerprint density at radius 3 is 2.39 bits per heavy atom. The zero-order valence-corrected chi connectivity index (χ0v) is 19.3. The second kappa shape index (κ2) is 8.36. The third kappa shape index (κ3) is 4.21. The second-order valence-corrected chi connectivity index (χ2v) is 9.70. The molecule has 1 aliphatic heterocycles. The smallest absolute Gasteiger partial charge is 0.323 e. The van der Waals surface area contributed by atoms with Crippen LogP contribution >= 0.6 is 0 Å². The summed E-state index contributed by atoms with van der Waals surface area (Å²) in [5.41, 5.74) is 1.25. The Kier molecular flexibility index (Phi) is 5.71. The molecule has 1 unspecified atom stereocenters. The molecule has 4 rings (SSSR count). The van der Waals surface area contributed by atoms with Crippen LogP contribution in [0.5, 0.6) is 5.75 Å². The summed E-state index contributed by atoms with van der Waals surface area (Å²) >= 11 is 0. The Balaban J connectivity index is 1.61. The number of rotatable bonds is 7. The topological polar surface area (TPSA) is 118 Å². The highest BCUT2D eigenvalue weighted by molar-refractivity contribution is 7.92. The van der Waals surface area contributed by atoms with Crippen LogP contribution in [-0.4, -0.2) is 37.3 Å². The number of aryl methyl sites for hydroxylation is 1. The number of fused-ring (bicyclic) bond motifs is 1. The van der Waals surface area contributed by atoms with Gasteiger partial charge in [-0.1, -0.05) is 25.1 Å². The lowest BCUT2D eigenvalue weighted by Crippen LogP contribution is -2.62. The second-order valence-electron chi connectivity index (χ2n) is 7.87. The van der Waals surface area contributed by atoms with Gasteiger partial charge in [0, 0.05) is 16.6 Å². The number of carbonyl (C=O) groups excluding carboxylic acids is 2. The van der Waals surface area contributed by atoms with Crippen LogP contribution in [0.15, 0.2) is 54.6 Å². The first kappa shape index (κ1) is 22.5. The molecule has 1 atom stereocenters. The number of ether oxygens (including phenoxy) is 1. The summed E-state index contributed by atoms with van der Waals surface area (Å²) in [5, 5.41) is 5.59. The van der Waals surface area contributed by atoms with Crippen LogP contribution in [0, 0.1) is 6.92 Å². The van der Waals surface area contributed by atoms with Crippen molar-refractivity contribution in [3.8, 4) is 5.75 Å². The van der Waals surface area contributed by atoms with Crippen LogP contribution < -0.4 is 19.7 Å². The van der Waals surface area contributed by atoms with E-state index >= 15 is 0 Å². The average molecular weight is 469 g/mol. The lowest BCUT2D eigenvalue weighted by atomic mass is 10.1. The normalized spacial score (nSPS) is 18.2. The SMILES string of the molecule is CCC1(N(c2ccc(OCc3cc(C)nc4ccccc34)cc2)S(C)(=O)=O)NC(=O)NC1=O. The van der Waals surface area contributed by atoms with Crippen molar-refractivity contribution in [3.63, 3.8) is 0 Å². The van der Waals surface area contributed by atoms with Gasteiger partial charge in [0.15, 0.2) is 0 Å². The number of benzene rings is 2. The van der Waals surface area contributed by atoms with Gasteiger partial charge in [0.2, 0.25) is 15.7 Å². The number of para-hydroxylation sites is 1. The van der Waals surface area contributed by atoms with Crippen molar-refractivity contribution in [2.24, 2.45) is 0 Å². The van der Waals surface area contributed by atoms with Crippen molar-refractivity contribution in [2.75, 3.05) is 10.6 Å². The standard InChI is InChI=1S/C23H24N4O5S/c1-4-23(21(28)25-22(29)26-23)27(33(3,30)31)17-9-11-18(12-10-17)32-14-16-13-15(2)24-20-8-6-5-7-19(16)20/h5-13H,4,14H2,1-3H3,(H2,25,26,28,29). The van der Waals surface area contributed by atoms with Gasteiger partial charge in [0.1, 0.15) is 12.4 Å². The lowest BCUT2D eigenvalue weighted by molar-refractivity contribution is -0.123. The molecule has 0 saturated carbocycles. The van der Waals surface area contributed by atoms with Gasteiger partial charge < -0.3 is 10.1 Å². The molecule has 1 aliphatic rings. The minimum atomic E-state index is -3.92. The van der Waals surface area contributed by atoms with Gasteiger partial charge in [-0.25, -0.2) is 17.5 Å². The number of imide groups is 1. The Labute approximate surface area is 191 Å². The fraction of sp³-hybridized carbons (Fsp3) is 0.261. The van der Waals surface area contributed by atoms with Crippen molar-refractivity contribution in [1.29, 1.82) is 0 Å². The summed E-state index contributed by atoms with van der Waals surface area (Å²) in [6, 6.07) is 15.4. The molecule has 2 heterocycles. The van der Waals surface area contributed by atoms with Crippen molar-refractivity contribution >= 4 is 38.6 Å². The van der Waals surface area contributed by atoms with Gasteiger partial charge in [0.25, 0.3) is 5.91 Å². The minimum Gasteiger partial charge on any atom is -0.489 e. The zero-order chi connectivity index (χ0) is 23.8. The molecular formula is C23H24N4O5S. The van der Waals surface area contributed by atoms with E-state index in [4.69, 9.17) is 4.74 Å². The van der Waals surface area contributed by atoms with Crippen LogP contribution in [-0.2, 0) is 21.4 Å². The van der Waals surface area contributed by atoms with E-state index in [9.17, 15) is 18.0 Å². The Morgan fingerprint density at radius 1 is 1.09 bits per heavy atom. The molecule has 0 bridgehead atoms. The van der Waals surface area contributed by atoms with Crippen LogP contribution in [0.1, 0.15) is 24.6 Å². The van der Waals surface area contributed by atoms with E-state index < -0.39 is 27.6 Å². The molecule has 3 amide bonds. The number of amides is 3. The fourth-order valence-electron chi connectivity index (χ4n) is 4.07. The van der Waals surface area contributed by atoms with E-state index in [0.29, 0.717) is 12.4 Å². The predicted molar refractivity (Wildman–Crippen MR) is 124 cm³/mol. The molecule has 0 aliphatic carbocycles.